The number of carbonyl (C=O) groups is 1. The maximum atomic E-state index is 12.6. The highest BCUT2D eigenvalue weighted by Crippen LogP contribution is 2.22. The summed E-state index contributed by atoms with van der Waals surface area (Å²) in [5.74, 6) is -0.254. The maximum Gasteiger partial charge on any atom is 0.213 e. The van der Waals surface area contributed by atoms with Gasteiger partial charge in [-0.15, -0.1) is 0 Å². The molecule has 0 heterocycles. The SMILES string of the molecule is COC(N)(C(=O)c1ccccc1)C(C)=Cc1ccccc1. The Kier molecular flexibility index (Phi) is 4.68. The lowest BCUT2D eigenvalue weighted by Crippen LogP contribution is -2.50. The van der Waals surface area contributed by atoms with E-state index in [0.29, 0.717) is 11.1 Å². The highest BCUT2D eigenvalue weighted by atomic mass is 16.5. The van der Waals surface area contributed by atoms with Gasteiger partial charge in [0.05, 0.1) is 0 Å². The molecule has 0 radical (unpaired) electrons. The quantitative estimate of drug-likeness (QED) is 0.676. The van der Waals surface area contributed by atoms with Crippen molar-refractivity contribution in [2.45, 2.75) is 12.6 Å². The van der Waals surface area contributed by atoms with E-state index in [4.69, 9.17) is 10.5 Å². The fourth-order valence-corrected chi connectivity index (χ4v) is 2.14. The minimum Gasteiger partial charge on any atom is -0.353 e. The molecule has 0 aromatic heterocycles. The van der Waals surface area contributed by atoms with Crippen LogP contribution in [0.3, 0.4) is 0 Å². The fourth-order valence-electron chi connectivity index (χ4n) is 2.14. The normalized spacial score (nSPS) is 14.5. The van der Waals surface area contributed by atoms with E-state index in [2.05, 4.69) is 0 Å². The van der Waals surface area contributed by atoms with Crippen LogP contribution < -0.4 is 5.73 Å². The Hall–Kier alpha value is -2.23. The summed E-state index contributed by atoms with van der Waals surface area (Å²) in [5, 5.41) is 0. The first-order valence-electron chi connectivity index (χ1n) is 6.75. The van der Waals surface area contributed by atoms with Crippen molar-refractivity contribution in [2.75, 3.05) is 7.11 Å². The summed E-state index contributed by atoms with van der Waals surface area (Å²) in [6.45, 7) is 1.80. The van der Waals surface area contributed by atoms with E-state index in [1.165, 1.54) is 7.11 Å². The zero-order valence-electron chi connectivity index (χ0n) is 12.2. The van der Waals surface area contributed by atoms with E-state index in [1.54, 1.807) is 31.2 Å². The molecule has 0 bridgehead atoms. The summed E-state index contributed by atoms with van der Waals surface area (Å²) in [6.07, 6.45) is 1.87. The molecule has 3 nitrogen and oxygen atoms in total. The predicted octanol–water partition coefficient (Wildman–Crippen LogP) is 3.27. The van der Waals surface area contributed by atoms with Gasteiger partial charge in [0.25, 0.3) is 0 Å². The van der Waals surface area contributed by atoms with E-state index >= 15 is 0 Å². The Morgan fingerprint density at radius 2 is 1.57 bits per heavy atom. The first-order chi connectivity index (χ1) is 10.1. The first-order valence-corrected chi connectivity index (χ1v) is 6.75. The molecule has 2 N–H and O–H groups in total. The zero-order valence-corrected chi connectivity index (χ0v) is 12.2. The molecule has 3 heteroatoms. The second-order valence-corrected chi connectivity index (χ2v) is 4.87. The lowest BCUT2D eigenvalue weighted by Gasteiger charge is -2.27. The van der Waals surface area contributed by atoms with E-state index in [0.717, 1.165) is 5.56 Å². The van der Waals surface area contributed by atoms with Crippen molar-refractivity contribution in [1.29, 1.82) is 0 Å². The molecule has 2 aromatic carbocycles. The van der Waals surface area contributed by atoms with Crippen LogP contribution in [0.15, 0.2) is 66.2 Å². The van der Waals surface area contributed by atoms with Crippen molar-refractivity contribution in [3.8, 4) is 0 Å². The molecule has 1 unspecified atom stereocenters. The highest BCUT2D eigenvalue weighted by Gasteiger charge is 2.36. The molecule has 0 aliphatic heterocycles. The molecule has 0 aliphatic carbocycles. The van der Waals surface area contributed by atoms with Gasteiger partial charge in [-0.25, -0.2) is 0 Å². The topological polar surface area (TPSA) is 52.3 Å². The highest BCUT2D eigenvalue weighted by molar-refractivity contribution is 6.04. The van der Waals surface area contributed by atoms with Crippen LogP contribution in [0, 0.1) is 0 Å². The van der Waals surface area contributed by atoms with Crippen LogP contribution in [0.2, 0.25) is 0 Å². The van der Waals surface area contributed by atoms with Crippen LogP contribution in [0.4, 0.5) is 0 Å². The number of hydrogen-bond acceptors (Lipinski definition) is 3. The fraction of sp³-hybridized carbons (Fsp3) is 0.167. The lowest BCUT2D eigenvalue weighted by atomic mass is 9.93. The standard InChI is InChI=1S/C18H19NO2/c1-14(13-15-9-5-3-6-10-15)18(19,21-2)17(20)16-11-7-4-8-12-16/h3-13H,19H2,1-2H3. The average molecular weight is 281 g/mol. The summed E-state index contributed by atoms with van der Waals surface area (Å²) < 4.78 is 5.35. The minimum absolute atomic E-state index is 0.254. The van der Waals surface area contributed by atoms with Gasteiger partial charge >= 0.3 is 0 Å². The molecule has 108 valence electrons. The van der Waals surface area contributed by atoms with E-state index in [-0.39, 0.29) is 5.78 Å². The van der Waals surface area contributed by atoms with Gasteiger partial charge in [0.2, 0.25) is 11.5 Å². The summed E-state index contributed by atoms with van der Waals surface area (Å²) >= 11 is 0. The van der Waals surface area contributed by atoms with Gasteiger partial charge in [0.1, 0.15) is 0 Å². The van der Waals surface area contributed by atoms with Crippen LogP contribution in [-0.2, 0) is 4.74 Å². The van der Waals surface area contributed by atoms with Crippen molar-refractivity contribution in [2.24, 2.45) is 5.73 Å². The monoisotopic (exact) mass is 281 g/mol. The van der Waals surface area contributed by atoms with Gasteiger partial charge in [0.15, 0.2) is 0 Å². The van der Waals surface area contributed by atoms with E-state index < -0.39 is 5.72 Å². The number of nitrogens with two attached hydrogens (primary N) is 1. The molecule has 0 amide bonds. The number of carbonyl (C=O) groups excluding carboxylic acids is 1. The molecule has 0 saturated carbocycles. The Morgan fingerprint density at radius 1 is 1.05 bits per heavy atom. The smallest absolute Gasteiger partial charge is 0.213 e. The van der Waals surface area contributed by atoms with Gasteiger partial charge in [-0.3, -0.25) is 10.5 Å². The van der Waals surface area contributed by atoms with Crippen LogP contribution in [0.25, 0.3) is 6.08 Å². The zero-order chi connectivity index (χ0) is 15.3. The number of ketones is 1. The molecular formula is C18H19NO2. The maximum absolute atomic E-state index is 12.6. The van der Waals surface area contributed by atoms with Gasteiger partial charge in [-0.1, -0.05) is 66.7 Å². The Balaban J connectivity index is 2.37. The molecule has 0 spiro atoms. The Morgan fingerprint density at radius 3 is 2.10 bits per heavy atom. The van der Waals surface area contributed by atoms with Crippen LogP contribution >= 0.6 is 0 Å². The third-order valence-electron chi connectivity index (χ3n) is 3.46. The van der Waals surface area contributed by atoms with E-state index in [9.17, 15) is 4.79 Å². The predicted molar refractivity (Wildman–Crippen MR) is 84.8 cm³/mol. The second-order valence-electron chi connectivity index (χ2n) is 4.87. The number of benzene rings is 2. The molecule has 21 heavy (non-hydrogen) atoms. The van der Waals surface area contributed by atoms with Crippen molar-refractivity contribution in [3.05, 3.63) is 77.4 Å². The lowest BCUT2D eigenvalue weighted by molar-refractivity contribution is 0.0261. The summed E-state index contributed by atoms with van der Waals surface area (Å²) in [7, 11) is 1.45. The third kappa shape index (κ3) is 3.27. The summed E-state index contributed by atoms with van der Waals surface area (Å²) in [6, 6.07) is 18.6. The van der Waals surface area contributed by atoms with Gasteiger partial charge in [0, 0.05) is 12.7 Å². The molecule has 2 aromatic rings. The number of ether oxygens (including phenoxy) is 1. The molecule has 0 aliphatic rings. The summed E-state index contributed by atoms with van der Waals surface area (Å²) in [5.41, 5.74) is 6.93. The molecule has 0 saturated heterocycles. The molecule has 0 fully saturated rings. The average Bonchev–Trinajstić information content (AvgIpc) is 2.55. The Labute approximate surface area is 125 Å². The number of rotatable bonds is 5. The van der Waals surface area contributed by atoms with E-state index in [1.807, 2.05) is 42.5 Å². The van der Waals surface area contributed by atoms with Gasteiger partial charge < -0.3 is 4.74 Å². The third-order valence-corrected chi connectivity index (χ3v) is 3.46. The van der Waals surface area contributed by atoms with Crippen LogP contribution in [0.5, 0.6) is 0 Å². The number of hydrogen-bond donors (Lipinski definition) is 1. The van der Waals surface area contributed by atoms with Crippen molar-refractivity contribution in [1.82, 2.24) is 0 Å². The Bertz CT molecular complexity index is 635. The van der Waals surface area contributed by atoms with Gasteiger partial charge in [-0.2, -0.15) is 0 Å². The number of Topliss-reactive ketones (excluding diaryl/α,β-unsaturated/α-hetero) is 1. The second kappa shape index (κ2) is 6.48. The van der Waals surface area contributed by atoms with Gasteiger partial charge in [-0.05, 0) is 18.1 Å². The molecular weight excluding hydrogens is 262 g/mol. The van der Waals surface area contributed by atoms with Crippen molar-refractivity contribution in [3.63, 3.8) is 0 Å². The first kappa shape index (κ1) is 15.2. The molecule has 1 atom stereocenters. The van der Waals surface area contributed by atoms with Crippen LogP contribution in [0.1, 0.15) is 22.8 Å². The molecule has 2 rings (SSSR count). The minimum atomic E-state index is -1.46. The summed E-state index contributed by atoms with van der Waals surface area (Å²) in [4.78, 5) is 12.6. The van der Waals surface area contributed by atoms with Crippen molar-refractivity contribution < 1.29 is 9.53 Å². The largest absolute Gasteiger partial charge is 0.353 e. The van der Waals surface area contributed by atoms with Crippen molar-refractivity contribution >= 4 is 11.9 Å². The van der Waals surface area contributed by atoms with Crippen LogP contribution in [-0.4, -0.2) is 18.6 Å². The number of methoxy groups -OCH3 is 1.